The van der Waals surface area contributed by atoms with Crippen molar-refractivity contribution >= 4 is 24.8 Å². The molecule has 80 valence electrons. The number of nitrogens with zero attached hydrogens (tertiary/aromatic N) is 1. The van der Waals surface area contributed by atoms with Crippen LogP contribution in [0.1, 0.15) is 20.3 Å². The van der Waals surface area contributed by atoms with E-state index in [2.05, 4.69) is 4.99 Å². The largest absolute Gasteiger partial charge is 0.278 e. The summed E-state index contributed by atoms with van der Waals surface area (Å²) in [7, 11) is 2.80. The highest BCUT2D eigenvalue weighted by Gasteiger charge is 2.10. The first-order valence-corrected chi connectivity index (χ1v) is 6.49. The van der Waals surface area contributed by atoms with E-state index in [9.17, 15) is 8.42 Å². The Balaban J connectivity index is 4.76. The molecular formula is C9H14ClNO2S. The highest BCUT2D eigenvalue weighted by molar-refractivity contribution is 8.26. The van der Waals surface area contributed by atoms with Gasteiger partial charge in [0, 0.05) is 17.7 Å². The van der Waals surface area contributed by atoms with Crippen LogP contribution < -0.4 is 0 Å². The molecule has 0 aliphatic heterocycles. The summed E-state index contributed by atoms with van der Waals surface area (Å²) in [6.45, 7) is 3.89. The fourth-order valence-electron chi connectivity index (χ4n) is 0.858. The Hall–Kier alpha value is -0.610. The molecule has 3 nitrogen and oxygen atoms in total. The van der Waals surface area contributed by atoms with E-state index in [0.29, 0.717) is 0 Å². The Kier molecular flexibility index (Phi) is 5.72. The molecular weight excluding hydrogens is 222 g/mol. The molecule has 0 unspecified atom stereocenters. The van der Waals surface area contributed by atoms with Crippen molar-refractivity contribution in [3.63, 3.8) is 0 Å². The van der Waals surface area contributed by atoms with Crippen molar-refractivity contribution in [1.29, 1.82) is 0 Å². The summed E-state index contributed by atoms with van der Waals surface area (Å²) in [4.78, 5) is 3.57. The Bertz CT molecular complexity index is 366. The SMILES string of the molecule is CC\C=C(C)/C=C\C(=N/C)S(=O)(=O)Cl. The van der Waals surface area contributed by atoms with Crippen LogP contribution in [0.4, 0.5) is 0 Å². The fourth-order valence-corrected chi connectivity index (χ4v) is 1.67. The summed E-state index contributed by atoms with van der Waals surface area (Å²) in [5.74, 6) is 0. The van der Waals surface area contributed by atoms with Gasteiger partial charge in [0.05, 0.1) is 0 Å². The fraction of sp³-hybridized carbons (Fsp3) is 0.444. The summed E-state index contributed by atoms with van der Waals surface area (Å²) in [5.41, 5.74) is 0.981. The van der Waals surface area contributed by atoms with Gasteiger partial charge in [-0.05, 0) is 19.4 Å². The molecule has 0 spiro atoms. The average molecular weight is 236 g/mol. The number of allylic oxidation sites excluding steroid dienone is 3. The highest BCUT2D eigenvalue weighted by Crippen LogP contribution is 2.04. The number of hydrogen-bond donors (Lipinski definition) is 0. The van der Waals surface area contributed by atoms with E-state index in [4.69, 9.17) is 10.7 Å². The summed E-state index contributed by atoms with van der Waals surface area (Å²) < 4.78 is 21.8. The van der Waals surface area contributed by atoms with Gasteiger partial charge < -0.3 is 0 Å². The zero-order valence-electron chi connectivity index (χ0n) is 8.49. The van der Waals surface area contributed by atoms with Crippen LogP contribution in [0.3, 0.4) is 0 Å². The third-order valence-electron chi connectivity index (χ3n) is 1.49. The van der Waals surface area contributed by atoms with E-state index >= 15 is 0 Å². The molecule has 0 aliphatic rings. The van der Waals surface area contributed by atoms with E-state index in [-0.39, 0.29) is 5.04 Å². The summed E-state index contributed by atoms with van der Waals surface area (Å²) in [5, 5.41) is -0.122. The van der Waals surface area contributed by atoms with Gasteiger partial charge in [-0.1, -0.05) is 24.6 Å². The number of aliphatic imine (C=N–C) groups is 1. The van der Waals surface area contributed by atoms with Gasteiger partial charge in [-0.3, -0.25) is 4.99 Å². The molecule has 0 saturated heterocycles. The molecule has 0 aromatic heterocycles. The molecule has 0 atom stereocenters. The average Bonchev–Trinajstić information content (AvgIpc) is 2.03. The first kappa shape index (κ1) is 13.4. The van der Waals surface area contributed by atoms with Crippen molar-refractivity contribution in [1.82, 2.24) is 0 Å². The van der Waals surface area contributed by atoms with Gasteiger partial charge in [-0.25, -0.2) is 8.42 Å². The summed E-state index contributed by atoms with van der Waals surface area (Å²) >= 11 is 0. The van der Waals surface area contributed by atoms with E-state index in [1.54, 1.807) is 6.08 Å². The Labute approximate surface area is 89.6 Å². The lowest BCUT2D eigenvalue weighted by atomic mass is 10.2. The molecule has 0 aliphatic carbocycles. The second-order valence-corrected chi connectivity index (χ2v) is 5.20. The molecule has 0 amide bonds. The number of halogens is 1. The lowest BCUT2D eigenvalue weighted by Gasteiger charge is -1.94. The molecule has 0 N–H and O–H groups in total. The molecule has 0 bridgehead atoms. The molecule has 0 radical (unpaired) electrons. The zero-order valence-corrected chi connectivity index (χ0v) is 10.1. The van der Waals surface area contributed by atoms with E-state index in [1.807, 2.05) is 19.9 Å². The highest BCUT2D eigenvalue weighted by atomic mass is 35.7. The topological polar surface area (TPSA) is 46.5 Å². The lowest BCUT2D eigenvalue weighted by Crippen LogP contribution is -2.04. The van der Waals surface area contributed by atoms with Crippen molar-refractivity contribution < 1.29 is 8.42 Å². The van der Waals surface area contributed by atoms with Gasteiger partial charge in [-0.2, -0.15) is 0 Å². The zero-order chi connectivity index (χ0) is 11.2. The molecule has 0 saturated carbocycles. The van der Waals surface area contributed by atoms with E-state index in [0.717, 1.165) is 12.0 Å². The van der Waals surface area contributed by atoms with E-state index in [1.165, 1.54) is 13.1 Å². The van der Waals surface area contributed by atoms with Gasteiger partial charge in [-0.15, -0.1) is 0 Å². The van der Waals surface area contributed by atoms with Crippen molar-refractivity contribution in [2.45, 2.75) is 20.3 Å². The minimum absolute atomic E-state index is 0.122. The van der Waals surface area contributed by atoms with Crippen LogP contribution in [0, 0.1) is 0 Å². The van der Waals surface area contributed by atoms with Crippen molar-refractivity contribution in [3.05, 3.63) is 23.8 Å². The van der Waals surface area contributed by atoms with Crippen molar-refractivity contribution in [2.75, 3.05) is 7.05 Å². The summed E-state index contributed by atoms with van der Waals surface area (Å²) in [6, 6.07) is 0. The summed E-state index contributed by atoms with van der Waals surface area (Å²) in [6.07, 6.45) is 5.95. The molecule has 14 heavy (non-hydrogen) atoms. The van der Waals surface area contributed by atoms with Crippen LogP contribution in [0.25, 0.3) is 0 Å². The second-order valence-electron chi connectivity index (χ2n) is 2.69. The maximum Gasteiger partial charge on any atom is 0.278 e. The molecule has 0 aromatic rings. The third-order valence-corrected chi connectivity index (χ3v) is 2.78. The minimum atomic E-state index is -3.72. The maximum absolute atomic E-state index is 10.9. The van der Waals surface area contributed by atoms with Gasteiger partial charge in [0.2, 0.25) is 0 Å². The monoisotopic (exact) mass is 235 g/mol. The van der Waals surface area contributed by atoms with Crippen LogP contribution in [0.2, 0.25) is 0 Å². The lowest BCUT2D eigenvalue weighted by molar-refractivity contribution is 0.619. The van der Waals surface area contributed by atoms with Crippen LogP contribution in [0.15, 0.2) is 28.8 Å². The van der Waals surface area contributed by atoms with E-state index < -0.39 is 9.05 Å². The Morgan fingerprint density at radius 2 is 2.00 bits per heavy atom. The maximum atomic E-state index is 10.9. The predicted octanol–water partition coefficient (Wildman–Crippen LogP) is 2.50. The number of rotatable bonds is 3. The van der Waals surface area contributed by atoms with Gasteiger partial charge in [0.15, 0.2) is 5.04 Å². The van der Waals surface area contributed by atoms with Crippen LogP contribution in [-0.4, -0.2) is 20.5 Å². The first-order chi connectivity index (χ1) is 6.41. The Morgan fingerprint density at radius 1 is 1.43 bits per heavy atom. The van der Waals surface area contributed by atoms with Crippen molar-refractivity contribution in [3.8, 4) is 0 Å². The predicted molar refractivity (Wildman–Crippen MR) is 61.3 cm³/mol. The molecule has 0 aromatic carbocycles. The quantitative estimate of drug-likeness (QED) is 0.327. The van der Waals surface area contributed by atoms with Crippen LogP contribution >= 0.6 is 10.7 Å². The number of hydrogen-bond acceptors (Lipinski definition) is 3. The third kappa shape index (κ3) is 5.19. The normalized spacial score (nSPS) is 15.1. The standard InChI is InChI=1S/C9H14ClNO2S/c1-4-5-8(2)6-7-9(11-3)14(10,12)13/h5-7H,4H2,1-3H3/b7-6-,8-5-,11-9+. The molecule has 5 heteroatoms. The first-order valence-electron chi connectivity index (χ1n) is 4.18. The minimum Gasteiger partial charge on any atom is -0.276 e. The molecule has 0 heterocycles. The molecule has 0 fully saturated rings. The van der Waals surface area contributed by atoms with Gasteiger partial charge in [0.1, 0.15) is 0 Å². The van der Waals surface area contributed by atoms with Crippen molar-refractivity contribution in [2.24, 2.45) is 4.99 Å². The van der Waals surface area contributed by atoms with Crippen LogP contribution in [0.5, 0.6) is 0 Å². The Morgan fingerprint density at radius 3 is 2.36 bits per heavy atom. The van der Waals surface area contributed by atoms with Gasteiger partial charge >= 0.3 is 0 Å². The second kappa shape index (κ2) is 5.98. The molecule has 0 rings (SSSR count). The smallest absolute Gasteiger partial charge is 0.276 e. The van der Waals surface area contributed by atoms with Crippen LogP contribution in [-0.2, 0) is 9.05 Å². The van der Waals surface area contributed by atoms with Gasteiger partial charge in [0.25, 0.3) is 9.05 Å².